The number of carboxylic acids is 1. The third-order valence-corrected chi connectivity index (χ3v) is 2.36. The lowest BCUT2D eigenvalue weighted by molar-refractivity contribution is -0.140. The summed E-state index contributed by atoms with van der Waals surface area (Å²) in [5, 5.41) is 17.2. The van der Waals surface area contributed by atoms with Crippen LogP contribution in [0.5, 0.6) is 0 Å². The summed E-state index contributed by atoms with van der Waals surface area (Å²) in [5.41, 5.74) is -0.990. The first-order valence-corrected chi connectivity index (χ1v) is 4.86. The maximum atomic E-state index is 12.4. The summed E-state index contributed by atoms with van der Waals surface area (Å²) >= 11 is 5.42. The molecular weight excluding hydrogens is 261 g/mol. The van der Waals surface area contributed by atoms with Crippen molar-refractivity contribution in [3.63, 3.8) is 0 Å². The Hall–Kier alpha value is -1.27. The van der Waals surface area contributed by atoms with E-state index in [1.807, 2.05) is 0 Å². The van der Waals surface area contributed by atoms with Gasteiger partial charge in [-0.05, 0) is 17.7 Å². The van der Waals surface area contributed by atoms with Gasteiger partial charge in [0.15, 0.2) is 0 Å². The molecule has 0 spiro atoms. The quantitative estimate of drug-likeness (QED) is 0.886. The minimum atomic E-state index is -4.58. The molecular formula is C10H8ClF3O3. The average molecular weight is 269 g/mol. The van der Waals surface area contributed by atoms with Gasteiger partial charge in [-0.15, -0.1) is 0 Å². The van der Waals surface area contributed by atoms with E-state index in [2.05, 4.69) is 0 Å². The lowest BCUT2D eigenvalue weighted by Crippen LogP contribution is -2.09. The number of halogens is 4. The third kappa shape index (κ3) is 3.61. The summed E-state index contributed by atoms with van der Waals surface area (Å²) in [4.78, 5) is 10.3. The number of alkyl halides is 3. The number of hydrogen-bond donors (Lipinski definition) is 2. The van der Waals surface area contributed by atoms with Crippen molar-refractivity contribution in [2.75, 3.05) is 0 Å². The van der Waals surface area contributed by atoms with Gasteiger partial charge in [0.25, 0.3) is 0 Å². The van der Waals surface area contributed by atoms with Crippen LogP contribution in [0.2, 0.25) is 5.02 Å². The fourth-order valence-electron chi connectivity index (χ4n) is 1.25. The van der Waals surface area contributed by atoms with Crippen LogP contribution in [-0.2, 0) is 11.0 Å². The number of rotatable bonds is 3. The second kappa shape index (κ2) is 4.93. The topological polar surface area (TPSA) is 57.5 Å². The summed E-state index contributed by atoms with van der Waals surface area (Å²) in [6, 6.07) is 2.63. The number of benzene rings is 1. The molecule has 0 bridgehead atoms. The smallest absolute Gasteiger partial charge is 0.417 e. The van der Waals surface area contributed by atoms with Gasteiger partial charge in [-0.3, -0.25) is 4.79 Å². The van der Waals surface area contributed by atoms with Crippen LogP contribution in [-0.4, -0.2) is 16.2 Å². The summed E-state index contributed by atoms with van der Waals surface area (Å²) in [5.74, 6) is -1.26. The van der Waals surface area contributed by atoms with Crippen LogP contribution >= 0.6 is 11.6 Å². The largest absolute Gasteiger partial charge is 0.481 e. The van der Waals surface area contributed by atoms with Gasteiger partial charge in [0, 0.05) is 0 Å². The summed E-state index contributed by atoms with van der Waals surface area (Å²) < 4.78 is 37.1. The van der Waals surface area contributed by atoms with Crippen molar-refractivity contribution in [3.8, 4) is 0 Å². The summed E-state index contributed by atoms with van der Waals surface area (Å²) in [6.45, 7) is 0. The predicted molar refractivity (Wildman–Crippen MR) is 53.7 cm³/mol. The second-order valence-electron chi connectivity index (χ2n) is 3.35. The van der Waals surface area contributed by atoms with Gasteiger partial charge in [0.05, 0.1) is 23.1 Å². The highest BCUT2D eigenvalue weighted by atomic mass is 35.5. The Balaban J connectivity index is 3.00. The van der Waals surface area contributed by atoms with Crippen molar-refractivity contribution < 1.29 is 28.2 Å². The molecule has 0 fully saturated rings. The van der Waals surface area contributed by atoms with E-state index in [1.165, 1.54) is 0 Å². The summed E-state index contributed by atoms with van der Waals surface area (Å²) in [7, 11) is 0. The molecule has 17 heavy (non-hydrogen) atoms. The highest BCUT2D eigenvalue weighted by molar-refractivity contribution is 6.31. The molecule has 0 saturated heterocycles. The van der Waals surface area contributed by atoms with E-state index in [4.69, 9.17) is 16.7 Å². The monoisotopic (exact) mass is 268 g/mol. The molecule has 0 aliphatic rings. The third-order valence-electron chi connectivity index (χ3n) is 2.05. The molecule has 1 atom stereocenters. The molecule has 0 amide bonds. The predicted octanol–water partition coefficient (Wildman–Crippen LogP) is 2.87. The van der Waals surface area contributed by atoms with Gasteiger partial charge in [0.1, 0.15) is 0 Å². The Morgan fingerprint density at radius 1 is 1.41 bits per heavy atom. The van der Waals surface area contributed by atoms with Crippen molar-refractivity contribution in [2.24, 2.45) is 0 Å². The lowest BCUT2D eigenvalue weighted by Gasteiger charge is -2.12. The fraction of sp³-hybridized carbons (Fsp3) is 0.300. The first-order valence-electron chi connectivity index (χ1n) is 4.48. The van der Waals surface area contributed by atoms with Crippen LogP contribution in [0.25, 0.3) is 0 Å². The van der Waals surface area contributed by atoms with Crippen molar-refractivity contribution in [3.05, 3.63) is 34.3 Å². The van der Waals surface area contributed by atoms with Crippen LogP contribution < -0.4 is 0 Å². The maximum absolute atomic E-state index is 12.4. The van der Waals surface area contributed by atoms with Crippen LogP contribution in [0, 0.1) is 0 Å². The normalized spacial score (nSPS) is 13.5. The Labute approximate surface area is 99.4 Å². The van der Waals surface area contributed by atoms with E-state index >= 15 is 0 Å². The second-order valence-corrected chi connectivity index (χ2v) is 3.76. The van der Waals surface area contributed by atoms with Crippen LogP contribution in [0.15, 0.2) is 18.2 Å². The molecule has 3 nitrogen and oxygen atoms in total. The molecule has 0 aliphatic carbocycles. The minimum absolute atomic E-state index is 0.0328. The van der Waals surface area contributed by atoms with Gasteiger partial charge in [-0.1, -0.05) is 17.7 Å². The molecule has 1 aromatic carbocycles. The van der Waals surface area contributed by atoms with E-state index in [0.29, 0.717) is 6.07 Å². The Bertz CT molecular complexity index is 431. The van der Waals surface area contributed by atoms with Crippen LogP contribution in [0.3, 0.4) is 0 Å². The molecule has 0 saturated carbocycles. The number of aliphatic hydroxyl groups excluding tert-OH is 1. The standard InChI is InChI=1S/C10H8ClF3O3/c11-7-3-5(8(15)4-9(16)17)1-2-6(7)10(12,13)14/h1-3,8,15H,4H2,(H,16,17)/t8-/m0/s1. The molecule has 2 N–H and O–H groups in total. The fourth-order valence-corrected chi connectivity index (χ4v) is 1.55. The highest BCUT2D eigenvalue weighted by Gasteiger charge is 2.33. The number of carboxylic acid groups (broad SMARTS) is 1. The van der Waals surface area contributed by atoms with Gasteiger partial charge < -0.3 is 10.2 Å². The minimum Gasteiger partial charge on any atom is -0.481 e. The number of hydrogen-bond acceptors (Lipinski definition) is 2. The van der Waals surface area contributed by atoms with E-state index < -0.39 is 35.3 Å². The van der Waals surface area contributed by atoms with E-state index in [1.54, 1.807) is 0 Å². The van der Waals surface area contributed by atoms with Gasteiger partial charge in [0.2, 0.25) is 0 Å². The van der Waals surface area contributed by atoms with E-state index in [0.717, 1.165) is 12.1 Å². The van der Waals surface area contributed by atoms with Crippen LogP contribution in [0.4, 0.5) is 13.2 Å². The zero-order valence-electron chi connectivity index (χ0n) is 8.33. The van der Waals surface area contributed by atoms with E-state index in [9.17, 15) is 23.1 Å². The summed E-state index contributed by atoms with van der Waals surface area (Å²) in [6.07, 6.45) is -6.55. The number of carbonyl (C=O) groups is 1. The molecule has 1 aromatic rings. The Kier molecular flexibility index (Phi) is 4.00. The van der Waals surface area contributed by atoms with Crippen LogP contribution in [0.1, 0.15) is 23.7 Å². The Morgan fingerprint density at radius 2 is 2.00 bits per heavy atom. The van der Waals surface area contributed by atoms with Crippen molar-refractivity contribution >= 4 is 17.6 Å². The SMILES string of the molecule is O=C(O)C[C@H](O)c1ccc(C(F)(F)F)c(Cl)c1. The average Bonchev–Trinajstić information content (AvgIpc) is 2.14. The number of aliphatic hydroxyl groups is 1. The van der Waals surface area contributed by atoms with Gasteiger partial charge in [-0.2, -0.15) is 13.2 Å². The molecule has 0 radical (unpaired) electrons. The van der Waals surface area contributed by atoms with Gasteiger partial charge >= 0.3 is 12.1 Å². The molecule has 94 valence electrons. The van der Waals surface area contributed by atoms with Gasteiger partial charge in [-0.25, -0.2) is 0 Å². The number of aliphatic carboxylic acids is 1. The highest BCUT2D eigenvalue weighted by Crippen LogP contribution is 2.36. The molecule has 7 heteroatoms. The molecule has 0 aromatic heterocycles. The molecule has 0 aliphatic heterocycles. The zero-order chi connectivity index (χ0) is 13.2. The molecule has 0 heterocycles. The van der Waals surface area contributed by atoms with E-state index in [-0.39, 0.29) is 5.56 Å². The molecule has 0 unspecified atom stereocenters. The lowest BCUT2D eigenvalue weighted by atomic mass is 10.0. The first kappa shape index (κ1) is 13.8. The zero-order valence-corrected chi connectivity index (χ0v) is 9.09. The van der Waals surface area contributed by atoms with Crippen molar-refractivity contribution in [1.82, 2.24) is 0 Å². The first-order chi connectivity index (χ1) is 7.71. The molecule has 1 rings (SSSR count). The van der Waals surface area contributed by atoms with Crippen molar-refractivity contribution in [2.45, 2.75) is 18.7 Å². The van der Waals surface area contributed by atoms with Crippen molar-refractivity contribution in [1.29, 1.82) is 0 Å². The Morgan fingerprint density at radius 3 is 2.41 bits per heavy atom. The maximum Gasteiger partial charge on any atom is 0.417 e.